The minimum Gasteiger partial charge on any atom is -0.481 e. The van der Waals surface area contributed by atoms with Crippen molar-refractivity contribution in [3.05, 3.63) is 0 Å². The van der Waals surface area contributed by atoms with Gasteiger partial charge in [-0.05, 0) is 25.3 Å². The number of rotatable bonds is 5. The van der Waals surface area contributed by atoms with Gasteiger partial charge in [-0.2, -0.15) is 0 Å². The predicted molar refractivity (Wildman–Crippen MR) is 64.7 cm³/mol. The number of carboxylic acid groups (broad SMARTS) is 1. The highest BCUT2D eigenvalue weighted by atomic mass is 16.4. The van der Waals surface area contributed by atoms with E-state index in [1.165, 1.54) is 0 Å². The van der Waals surface area contributed by atoms with E-state index < -0.39 is 5.97 Å². The van der Waals surface area contributed by atoms with Gasteiger partial charge in [0.15, 0.2) is 0 Å². The average molecular weight is 242 g/mol. The Hall–Kier alpha value is -1.10. The summed E-state index contributed by atoms with van der Waals surface area (Å²) in [7, 11) is 0. The number of amides is 1. The lowest BCUT2D eigenvalue weighted by atomic mass is 9.99. The molecule has 2 atom stereocenters. The van der Waals surface area contributed by atoms with Crippen molar-refractivity contribution in [3.63, 3.8) is 0 Å². The summed E-state index contributed by atoms with van der Waals surface area (Å²) in [5.74, 6) is -0.816. The molecular weight excluding hydrogens is 220 g/mol. The molecule has 0 bridgehead atoms. The van der Waals surface area contributed by atoms with Crippen LogP contribution in [-0.2, 0) is 9.59 Å². The zero-order valence-electron chi connectivity index (χ0n) is 10.5. The normalized spacial score (nSPS) is 22.2. The Morgan fingerprint density at radius 1 is 1.41 bits per heavy atom. The maximum absolute atomic E-state index is 11.9. The van der Waals surface area contributed by atoms with Gasteiger partial charge in [0.2, 0.25) is 5.91 Å². The number of piperidine rings is 1. The van der Waals surface area contributed by atoms with Crippen molar-refractivity contribution in [2.45, 2.75) is 51.6 Å². The monoisotopic (exact) mass is 242 g/mol. The van der Waals surface area contributed by atoms with Crippen LogP contribution in [0.4, 0.5) is 0 Å². The largest absolute Gasteiger partial charge is 0.481 e. The fraction of sp³-hybridized carbons (Fsp3) is 0.833. The Kier molecular flexibility index (Phi) is 5.41. The lowest BCUT2D eigenvalue weighted by Gasteiger charge is -2.27. The van der Waals surface area contributed by atoms with Crippen LogP contribution in [0.15, 0.2) is 0 Å². The number of carbonyl (C=O) groups is 2. The molecule has 1 saturated heterocycles. The molecule has 3 N–H and O–H groups in total. The Balaban J connectivity index is 2.47. The average Bonchev–Trinajstić information content (AvgIpc) is 2.28. The van der Waals surface area contributed by atoms with Gasteiger partial charge in [-0.3, -0.25) is 9.59 Å². The molecule has 5 heteroatoms. The Morgan fingerprint density at radius 2 is 2.12 bits per heavy atom. The summed E-state index contributed by atoms with van der Waals surface area (Å²) >= 11 is 0. The van der Waals surface area contributed by atoms with Gasteiger partial charge in [0.05, 0.1) is 12.5 Å². The van der Waals surface area contributed by atoms with E-state index in [-0.39, 0.29) is 30.3 Å². The molecule has 5 nitrogen and oxygen atoms in total. The third-order valence-electron chi connectivity index (χ3n) is 3.15. The van der Waals surface area contributed by atoms with Crippen molar-refractivity contribution >= 4 is 11.9 Å². The third kappa shape index (κ3) is 4.73. The van der Waals surface area contributed by atoms with Crippen molar-refractivity contribution in [2.75, 3.05) is 6.54 Å². The number of nitrogens with one attached hydrogen (secondary N) is 2. The standard InChI is InChI=1S/C12H22N2O3/c1-8(2)10(7-11(15)16)14-12(17)9-5-3-4-6-13-9/h8-10,13H,3-7H2,1-2H3,(H,14,17)(H,15,16)/t9-,10?/m1/s1. The van der Waals surface area contributed by atoms with Gasteiger partial charge in [0, 0.05) is 6.04 Å². The summed E-state index contributed by atoms with van der Waals surface area (Å²) in [5.41, 5.74) is 0. The minimum absolute atomic E-state index is 0.0177. The summed E-state index contributed by atoms with van der Waals surface area (Å²) in [6.45, 7) is 4.70. The molecule has 1 rings (SSSR count). The van der Waals surface area contributed by atoms with Gasteiger partial charge in [-0.1, -0.05) is 20.3 Å². The molecule has 17 heavy (non-hydrogen) atoms. The third-order valence-corrected chi connectivity index (χ3v) is 3.15. The summed E-state index contributed by atoms with van der Waals surface area (Å²) < 4.78 is 0. The number of carbonyl (C=O) groups excluding carboxylic acids is 1. The van der Waals surface area contributed by atoms with Crippen molar-refractivity contribution in [3.8, 4) is 0 Å². The molecule has 0 aromatic carbocycles. The van der Waals surface area contributed by atoms with Crippen molar-refractivity contribution in [2.24, 2.45) is 5.92 Å². The van der Waals surface area contributed by atoms with Crippen molar-refractivity contribution < 1.29 is 14.7 Å². The highest BCUT2D eigenvalue weighted by molar-refractivity contribution is 5.82. The molecule has 0 aliphatic carbocycles. The van der Waals surface area contributed by atoms with Gasteiger partial charge in [-0.25, -0.2) is 0 Å². The first-order chi connectivity index (χ1) is 8.00. The van der Waals surface area contributed by atoms with Crippen LogP contribution < -0.4 is 10.6 Å². The van der Waals surface area contributed by atoms with E-state index in [1.807, 2.05) is 13.8 Å². The molecule has 0 saturated carbocycles. The Bertz CT molecular complexity index is 273. The molecule has 0 radical (unpaired) electrons. The first-order valence-electron chi connectivity index (χ1n) is 6.26. The van der Waals surface area contributed by atoms with Crippen LogP contribution in [0.5, 0.6) is 0 Å². The fourth-order valence-corrected chi connectivity index (χ4v) is 2.00. The Morgan fingerprint density at radius 3 is 2.59 bits per heavy atom. The van der Waals surface area contributed by atoms with E-state index >= 15 is 0 Å². The SMILES string of the molecule is CC(C)C(CC(=O)O)NC(=O)[C@H]1CCCCN1. The maximum Gasteiger partial charge on any atom is 0.305 e. The molecule has 1 aliphatic rings. The molecule has 1 unspecified atom stereocenters. The number of hydrogen-bond donors (Lipinski definition) is 3. The molecule has 98 valence electrons. The zero-order chi connectivity index (χ0) is 12.8. The van der Waals surface area contributed by atoms with E-state index in [2.05, 4.69) is 10.6 Å². The van der Waals surface area contributed by atoms with Crippen LogP contribution in [0.3, 0.4) is 0 Å². The molecule has 1 fully saturated rings. The second-order valence-electron chi connectivity index (χ2n) is 4.96. The minimum atomic E-state index is -0.874. The van der Waals surface area contributed by atoms with Crippen LogP contribution in [-0.4, -0.2) is 35.6 Å². The van der Waals surface area contributed by atoms with E-state index in [0.29, 0.717) is 0 Å². The highest BCUT2D eigenvalue weighted by Crippen LogP contribution is 2.10. The molecule has 0 aromatic rings. The lowest BCUT2D eigenvalue weighted by molar-refractivity contribution is -0.138. The quantitative estimate of drug-likeness (QED) is 0.664. The summed E-state index contributed by atoms with van der Waals surface area (Å²) in [4.78, 5) is 22.6. The summed E-state index contributed by atoms with van der Waals surface area (Å²) in [5, 5.41) is 14.8. The molecule has 0 spiro atoms. The van der Waals surface area contributed by atoms with Gasteiger partial charge >= 0.3 is 5.97 Å². The van der Waals surface area contributed by atoms with E-state index in [4.69, 9.17) is 5.11 Å². The molecule has 1 aliphatic heterocycles. The van der Waals surface area contributed by atoms with Crippen molar-refractivity contribution in [1.29, 1.82) is 0 Å². The number of hydrogen-bond acceptors (Lipinski definition) is 3. The van der Waals surface area contributed by atoms with E-state index in [0.717, 1.165) is 25.8 Å². The van der Waals surface area contributed by atoms with E-state index in [9.17, 15) is 9.59 Å². The first-order valence-corrected chi connectivity index (χ1v) is 6.26. The number of aliphatic carboxylic acids is 1. The number of carboxylic acids is 1. The zero-order valence-corrected chi connectivity index (χ0v) is 10.5. The van der Waals surface area contributed by atoms with Gasteiger partial charge < -0.3 is 15.7 Å². The van der Waals surface area contributed by atoms with Crippen LogP contribution in [0.1, 0.15) is 39.5 Å². The second-order valence-corrected chi connectivity index (χ2v) is 4.96. The van der Waals surface area contributed by atoms with Crippen LogP contribution in [0.2, 0.25) is 0 Å². The fourth-order valence-electron chi connectivity index (χ4n) is 2.00. The smallest absolute Gasteiger partial charge is 0.305 e. The molecule has 1 heterocycles. The highest BCUT2D eigenvalue weighted by Gasteiger charge is 2.25. The lowest BCUT2D eigenvalue weighted by Crippen LogP contribution is -2.51. The molecule has 0 aromatic heterocycles. The molecule has 1 amide bonds. The second kappa shape index (κ2) is 6.59. The summed E-state index contributed by atoms with van der Waals surface area (Å²) in [6.07, 6.45) is 2.97. The van der Waals surface area contributed by atoms with Crippen molar-refractivity contribution in [1.82, 2.24) is 10.6 Å². The topological polar surface area (TPSA) is 78.4 Å². The first kappa shape index (κ1) is 14.0. The van der Waals surface area contributed by atoms with E-state index in [1.54, 1.807) is 0 Å². The van der Waals surface area contributed by atoms with Crippen LogP contribution in [0.25, 0.3) is 0 Å². The van der Waals surface area contributed by atoms with Crippen LogP contribution in [0, 0.1) is 5.92 Å². The van der Waals surface area contributed by atoms with Gasteiger partial charge in [-0.15, -0.1) is 0 Å². The maximum atomic E-state index is 11.9. The van der Waals surface area contributed by atoms with Gasteiger partial charge in [0.25, 0.3) is 0 Å². The van der Waals surface area contributed by atoms with Crippen LogP contribution >= 0.6 is 0 Å². The summed E-state index contributed by atoms with van der Waals surface area (Å²) in [6, 6.07) is -0.442. The van der Waals surface area contributed by atoms with Gasteiger partial charge in [0.1, 0.15) is 0 Å². The Labute approximate surface area is 102 Å². The predicted octanol–water partition coefficient (Wildman–Crippen LogP) is 0.744. The molecular formula is C12H22N2O3.